The second-order valence-corrected chi connectivity index (χ2v) is 11.7. The first-order chi connectivity index (χ1) is 15.8. The Labute approximate surface area is 207 Å². The molecule has 2 N–H and O–H groups in total. The zero-order valence-corrected chi connectivity index (χ0v) is 23.8. The summed E-state index contributed by atoms with van der Waals surface area (Å²) < 4.78 is 17.9. The lowest BCUT2D eigenvalue weighted by Gasteiger charge is -2.39. The van der Waals surface area contributed by atoms with E-state index in [9.17, 15) is 14.4 Å². The third-order valence-corrected chi connectivity index (χ3v) is 8.08. The van der Waals surface area contributed by atoms with Crippen LogP contribution in [0.25, 0.3) is 0 Å². The smallest absolute Gasteiger partial charge is 0.303 e. The first kappa shape index (κ1) is 33.1. The number of unbranched alkanes of at least 4 members (excludes halogenated alkanes) is 10. The second-order valence-electron chi connectivity index (χ2n) is 10.6. The summed E-state index contributed by atoms with van der Waals surface area (Å²) in [5.74, 6) is 0.942. The molecule has 200 valence electrons. The molecule has 0 rings (SSSR count). The molecule has 0 spiro atoms. The molecule has 0 aliphatic rings. The Bertz CT molecular complexity index is 459. The van der Waals surface area contributed by atoms with Crippen LogP contribution in [-0.2, 0) is 9.09 Å². The third-order valence-electron chi connectivity index (χ3n) is 7.46. The van der Waals surface area contributed by atoms with Crippen molar-refractivity contribution < 1.29 is 18.9 Å². The molecule has 33 heavy (non-hydrogen) atoms. The molecule has 0 radical (unpaired) electrons. The number of hydrogen-bond donors (Lipinski definition) is 2. The van der Waals surface area contributed by atoms with Crippen LogP contribution in [0.3, 0.4) is 0 Å². The van der Waals surface area contributed by atoms with Gasteiger partial charge in [0, 0.05) is 0 Å². The van der Waals surface area contributed by atoms with Gasteiger partial charge in [0.05, 0.1) is 5.60 Å². The van der Waals surface area contributed by atoms with Gasteiger partial charge in [0.25, 0.3) is 0 Å². The van der Waals surface area contributed by atoms with E-state index < -0.39 is 13.4 Å². The van der Waals surface area contributed by atoms with Crippen LogP contribution < -0.4 is 0 Å². The minimum atomic E-state index is -4.55. The highest BCUT2D eigenvalue weighted by atomic mass is 31.2. The summed E-state index contributed by atoms with van der Waals surface area (Å²) in [5, 5.41) is 0. The monoisotopic (exact) mass is 490 g/mol. The Morgan fingerprint density at radius 2 is 1.03 bits per heavy atom. The Morgan fingerprint density at radius 1 is 0.636 bits per heavy atom. The first-order valence-electron chi connectivity index (χ1n) is 14.5. The molecule has 0 saturated heterocycles. The van der Waals surface area contributed by atoms with Gasteiger partial charge in [-0.3, -0.25) is 4.52 Å². The number of phosphoric ester groups is 1. The Morgan fingerprint density at radius 3 is 1.39 bits per heavy atom. The molecule has 0 fully saturated rings. The molecule has 2 unspecified atom stereocenters. The average molecular weight is 491 g/mol. The van der Waals surface area contributed by atoms with Gasteiger partial charge in [-0.1, -0.05) is 144 Å². The summed E-state index contributed by atoms with van der Waals surface area (Å²) in [6.07, 6.45) is 22.7. The van der Waals surface area contributed by atoms with E-state index in [0.29, 0.717) is 11.8 Å². The molecule has 0 aromatic heterocycles. The standard InChI is InChI=1S/C28H59O4P/c1-6-11-14-15-16-17-18-19-20-23-28(32-33(29,30)31,24-26(9-4)21-12-7-2)25-27(10-5)22-13-8-3/h26-27H,6-25H2,1-5H3,(H2,29,30,31). The maximum Gasteiger partial charge on any atom is 0.470 e. The van der Waals surface area contributed by atoms with Gasteiger partial charge in [0.1, 0.15) is 0 Å². The molecule has 5 heteroatoms. The van der Waals surface area contributed by atoms with Crippen molar-refractivity contribution in [2.75, 3.05) is 0 Å². The van der Waals surface area contributed by atoms with Crippen LogP contribution in [0.2, 0.25) is 0 Å². The van der Waals surface area contributed by atoms with Crippen LogP contribution in [0.15, 0.2) is 0 Å². The molecule has 2 atom stereocenters. The Hall–Kier alpha value is 0.110. The molecule has 0 aromatic carbocycles. The van der Waals surface area contributed by atoms with Gasteiger partial charge in [-0.05, 0) is 31.1 Å². The molecule has 0 amide bonds. The topological polar surface area (TPSA) is 66.8 Å². The summed E-state index contributed by atoms with van der Waals surface area (Å²) in [4.78, 5) is 19.8. The first-order valence-corrected chi connectivity index (χ1v) is 16.0. The molecule has 4 nitrogen and oxygen atoms in total. The molecule has 0 bridgehead atoms. The van der Waals surface area contributed by atoms with Crippen LogP contribution >= 0.6 is 7.82 Å². The van der Waals surface area contributed by atoms with E-state index in [-0.39, 0.29) is 0 Å². The highest BCUT2D eigenvalue weighted by molar-refractivity contribution is 7.46. The van der Waals surface area contributed by atoms with Crippen LogP contribution in [-0.4, -0.2) is 15.4 Å². The second kappa shape index (κ2) is 20.3. The predicted molar refractivity (Wildman–Crippen MR) is 144 cm³/mol. The van der Waals surface area contributed by atoms with Crippen molar-refractivity contribution >= 4 is 7.82 Å². The van der Waals surface area contributed by atoms with Crippen LogP contribution in [0.4, 0.5) is 0 Å². The minimum Gasteiger partial charge on any atom is -0.303 e. The molecule has 0 saturated carbocycles. The highest BCUT2D eigenvalue weighted by Crippen LogP contribution is 2.49. The van der Waals surface area contributed by atoms with E-state index in [0.717, 1.165) is 70.6 Å². The molecule has 0 aliphatic carbocycles. The lowest BCUT2D eigenvalue weighted by molar-refractivity contribution is -0.0187. The van der Waals surface area contributed by atoms with Crippen molar-refractivity contribution in [3.63, 3.8) is 0 Å². The van der Waals surface area contributed by atoms with Crippen molar-refractivity contribution in [3.05, 3.63) is 0 Å². The fraction of sp³-hybridized carbons (Fsp3) is 1.00. The number of rotatable bonds is 24. The van der Waals surface area contributed by atoms with E-state index in [2.05, 4.69) is 34.6 Å². The molecule has 0 aliphatic heterocycles. The summed E-state index contributed by atoms with van der Waals surface area (Å²) in [5.41, 5.74) is -0.691. The normalized spacial score (nSPS) is 16.0. The summed E-state index contributed by atoms with van der Waals surface area (Å²) >= 11 is 0. The van der Waals surface area contributed by atoms with Crippen molar-refractivity contribution in [2.45, 2.75) is 169 Å². The van der Waals surface area contributed by atoms with Crippen LogP contribution in [0.5, 0.6) is 0 Å². The third kappa shape index (κ3) is 18.1. The van der Waals surface area contributed by atoms with Gasteiger partial charge in [-0.2, -0.15) is 0 Å². The van der Waals surface area contributed by atoms with Crippen molar-refractivity contribution in [1.82, 2.24) is 0 Å². The molecular weight excluding hydrogens is 431 g/mol. The minimum absolute atomic E-state index is 0.471. The van der Waals surface area contributed by atoms with Gasteiger partial charge < -0.3 is 9.79 Å². The fourth-order valence-electron chi connectivity index (χ4n) is 5.36. The Balaban J connectivity index is 5.26. The maximum atomic E-state index is 12.1. The van der Waals surface area contributed by atoms with Gasteiger partial charge >= 0.3 is 7.82 Å². The van der Waals surface area contributed by atoms with Crippen molar-refractivity contribution in [3.8, 4) is 0 Å². The largest absolute Gasteiger partial charge is 0.470 e. The van der Waals surface area contributed by atoms with E-state index in [4.69, 9.17) is 4.52 Å². The zero-order chi connectivity index (χ0) is 25.0. The molecule has 0 heterocycles. The predicted octanol–water partition coefficient (Wildman–Crippen LogP) is 9.97. The Kier molecular flexibility index (Phi) is 20.4. The number of phosphoric acid groups is 1. The SMILES string of the molecule is CCCCCCCCCCCC(CC(CC)CCCC)(CC(CC)CCCC)OP(=O)(O)O. The molecule has 0 aromatic rings. The number of hydrogen-bond acceptors (Lipinski definition) is 2. The van der Waals surface area contributed by atoms with Crippen molar-refractivity contribution in [1.29, 1.82) is 0 Å². The van der Waals surface area contributed by atoms with Crippen molar-refractivity contribution in [2.24, 2.45) is 11.8 Å². The lowest BCUT2D eigenvalue weighted by atomic mass is 9.76. The summed E-state index contributed by atoms with van der Waals surface area (Å²) in [6.45, 7) is 11.1. The van der Waals surface area contributed by atoms with Crippen LogP contribution in [0, 0.1) is 11.8 Å². The van der Waals surface area contributed by atoms with E-state index in [1.165, 1.54) is 57.8 Å². The van der Waals surface area contributed by atoms with E-state index in [1.54, 1.807) is 0 Å². The average Bonchev–Trinajstić information content (AvgIpc) is 2.77. The van der Waals surface area contributed by atoms with Gasteiger partial charge in [0.15, 0.2) is 0 Å². The maximum absolute atomic E-state index is 12.1. The quantitative estimate of drug-likeness (QED) is 0.104. The van der Waals surface area contributed by atoms with Crippen LogP contribution in [0.1, 0.15) is 163 Å². The van der Waals surface area contributed by atoms with E-state index >= 15 is 0 Å². The van der Waals surface area contributed by atoms with Gasteiger partial charge in [-0.15, -0.1) is 0 Å². The highest BCUT2D eigenvalue weighted by Gasteiger charge is 2.40. The van der Waals surface area contributed by atoms with Gasteiger partial charge in [0.2, 0.25) is 0 Å². The molecular formula is C28H59O4P. The summed E-state index contributed by atoms with van der Waals surface area (Å²) in [6, 6.07) is 0. The summed E-state index contributed by atoms with van der Waals surface area (Å²) in [7, 11) is -4.55. The lowest BCUT2D eigenvalue weighted by Crippen LogP contribution is -2.37. The fourth-order valence-corrected chi connectivity index (χ4v) is 6.10. The zero-order valence-electron chi connectivity index (χ0n) is 23.0. The van der Waals surface area contributed by atoms with E-state index in [1.807, 2.05) is 0 Å². The van der Waals surface area contributed by atoms with Gasteiger partial charge in [-0.25, -0.2) is 4.57 Å².